The van der Waals surface area contributed by atoms with Crippen molar-refractivity contribution in [3.8, 4) is 5.75 Å². The van der Waals surface area contributed by atoms with Gasteiger partial charge in [0.15, 0.2) is 0 Å². The first-order valence-electron chi connectivity index (χ1n) is 9.14. The summed E-state index contributed by atoms with van der Waals surface area (Å²) in [5, 5.41) is 5.43. The Morgan fingerprint density at radius 3 is 2.70 bits per heavy atom. The summed E-state index contributed by atoms with van der Waals surface area (Å²) in [5.74, 6) is 0.764. The Bertz CT molecular complexity index is 952. The number of carbonyl (C=O) groups is 1. The molecule has 27 heavy (non-hydrogen) atoms. The highest BCUT2D eigenvalue weighted by Gasteiger charge is 2.30. The van der Waals surface area contributed by atoms with Crippen LogP contribution in [0.4, 0.5) is 0 Å². The summed E-state index contributed by atoms with van der Waals surface area (Å²) in [7, 11) is 1.64. The molecule has 0 radical (unpaired) electrons. The van der Waals surface area contributed by atoms with Gasteiger partial charge in [-0.05, 0) is 28.8 Å². The second-order valence-electron chi connectivity index (χ2n) is 6.73. The normalized spacial score (nSPS) is 19.1. The van der Waals surface area contributed by atoms with Gasteiger partial charge < -0.3 is 10.1 Å². The predicted octanol–water partition coefficient (Wildman–Crippen LogP) is 3.07. The zero-order valence-electron chi connectivity index (χ0n) is 15.2. The van der Waals surface area contributed by atoms with E-state index in [1.54, 1.807) is 7.11 Å². The van der Waals surface area contributed by atoms with Gasteiger partial charge in [0.05, 0.1) is 7.11 Å². The van der Waals surface area contributed by atoms with E-state index in [2.05, 4.69) is 46.5 Å². The van der Waals surface area contributed by atoms with E-state index >= 15 is 0 Å². The maximum absolute atomic E-state index is 12.6. The van der Waals surface area contributed by atoms with E-state index in [0.717, 1.165) is 11.3 Å². The molecule has 0 aromatic heterocycles. The number of rotatable bonds is 5. The zero-order chi connectivity index (χ0) is 18.6. The number of hydrogen-bond acceptors (Lipinski definition) is 4. The van der Waals surface area contributed by atoms with Gasteiger partial charge in [0.1, 0.15) is 11.8 Å². The van der Waals surface area contributed by atoms with Gasteiger partial charge in [0.2, 0.25) is 5.91 Å². The fourth-order valence-corrected chi connectivity index (χ4v) is 3.64. The van der Waals surface area contributed by atoms with Crippen molar-refractivity contribution in [1.82, 2.24) is 16.2 Å². The van der Waals surface area contributed by atoms with Crippen LogP contribution in [0.3, 0.4) is 0 Å². The third kappa shape index (κ3) is 3.65. The number of nitrogens with one attached hydrogen (secondary N) is 3. The van der Waals surface area contributed by atoms with Crippen LogP contribution in [-0.2, 0) is 11.3 Å². The molecule has 3 aromatic rings. The number of carbonyl (C=O) groups excluding carboxylic acids is 1. The highest BCUT2D eigenvalue weighted by molar-refractivity contribution is 5.87. The summed E-state index contributed by atoms with van der Waals surface area (Å²) in [5.41, 5.74) is 8.59. The number of benzene rings is 3. The molecule has 5 nitrogen and oxygen atoms in total. The minimum atomic E-state index is -0.274. The Morgan fingerprint density at radius 2 is 1.81 bits per heavy atom. The number of ether oxygens (including phenoxy) is 1. The third-order valence-corrected chi connectivity index (χ3v) is 5.06. The van der Waals surface area contributed by atoms with Crippen LogP contribution in [0.2, 0.25) is 0 Å². The van der Waals surface area contributed by atoms with Crippen LogP contribution in [0.25, 0.3) is 10.8 Å². The number of methoxy groups -OCH3 is 1. The molecule has 1 amide bonds. The smallest absolute Gasteiger partial charge is 0.238 e. The van der Waals surface area contributed by atoms with Crippen molar-refractivity contribution in [2.45, 2.75) is 25.0 Å². The zero-order valence-corrected chi connectivity index (χ0v) is 15.2. The molecule has 3 N–H and O–H groups in total. The lowest BCUT2D eigenvalue weighted by molar-refractivity contribution is -0.123. The van der Waals surface area contributed by atoms with Crippen molar-refractivity contribution in [2.24, 2.45) is 0 Å². The Labute approximate surface area is 158 Å². The van der Waals surface area contributed by atoms with Gasteiger partial charge >= 0.3 is 0 Å². The Balaban J connectivity index is 1.42. The van der Waals surface area contributed by atoms with Gasteiger partial charge in [-0.3, -0.25) is 4.79 Å². The van der Waals surface area contributed by atoms with Crippen molar-refractivity contribution in [1.29, 1.82) is 0 Å². The topological polar surface area (TPSA) is 62.4 Å². The number of hydrogen-bond donors (Lipinski definition) is 3. The van der Waals surface area contributed by atoms with Crippen molar-refractivity contribution < 1.29 is 9.53 Å². The van der Waals surface area contributed by atoms with Gasteiger partial charge in [-0.2, -0.15) is 0 Å². The molecule has 4 rings (SSSR count). The summed E-state index contributed by atoms with van der Waals surface area (Å²) in [6.07, 6.45) is 0.700. The van der Waals surface area contributed by atoms with E-state index in [9.17, 15) is 4.79 Å². The molecule has 1 fully saturated rings. The molecule has 1 aliphatic heterocycles. The number of fused-ring (bicyclic) bond motifs is 1. The minimum Gasteiger partial charge on any atom is -0.496 e. The molecule has 5 heteroatoms. The first kappa shape index (κ1) is 17.5. The highest BCUT2D eigenvalue weighted by Crippen LogP contribution is 2.29. The summed E-state index contributed by atoms with van der Waals surface area (Å²) >= 11 is 0. The average molecular weight is 361 g/mol. The molecule has 1 heterocycles. The van der Waals surface area contributed by atoms with Crippen LogP contribution in [0, 0.1) is 0 Å². The second-order valence-corrected chi connectivity index (χ2v) is 6.73. The SMILES string of the molecule is COc1ccccc1CNC(=O)C1CC(c2cccc3ccccc23)NN1. The van der Waals surface area contributed by atoms with Gasteiger partial charge in [0.25, 0.3) is 0 Å². The monoisotopic (exact) mass is 361 g/mol. The lowest BCUT2D eigenvalue weighted by Crippen LogP contribution is -2.42. The van der Waals surface area contributed by atoms with Crippen molar-refractivity contribution in [3.63, 3.8) is 0 Å². The standard InChI is InChI=1S/C22H23N3O2/c1-27-21-12-5-3-8-16(21)14-23-22(26)20-13-19(24-25-20)18-11-6-9-15-7-2-4-10-17(15)18/h2-12,19-20,24-25H,13-14H2,1H3,(H,23,26). The minimum absolute atomic E-state index is 0.0175. The summed E-state index contributed by atoms with van der Waals surface area (Å²) in [4.78, 5) is 12.6. The third-order valence-electron chi connectivity index (χ3n) is 5.06. The van der Waals surface area contributed by atoms with E-state index in [-0.39, 0.29) is 18.0 Å². The molecular weight excluding hydrogens is 338 g/mol. The summed E-state index contributed by atoms with van der Waals surface area (Å²) < 4.78 is 5.34. The van der Waals surface area contributed by atoms with E-state index < -0.39 is 0 Å². The van der Waals surface area contributed by atoms with Gasteiger partial charge in [0, 0.05) is 18.2 Å². The highest BCUT2D eigenvalue weighted by atomic mass is 16.5. The van der Waals surface area contributed by atoms with E-state index in [4.69, 9.17) is 4.74 Å². The van der Waals surface area contributed by atoms with Crippen LogP contribution in [0.15, 0.2) is 66.7 Å². The van der Waals surface area contributed by atoms with E-state index in [1.807, 2.05) is 36.4 Å². The molecule has 138 valence electrons. The molecule has 0 saturated carbocycles. The van der Waals surface area contributed by atoms with Crippen molar-refractivity contribution in [3.05, 3.63) is 77.9 Å². The van der Waals surface area contributed by atoms with Crippen LogP contribution < -0.4 is 20.9 Å². The largest absolute Gasteiger partial charge is 0.496 e. The number of hydrazine groups is 1. The lowest BCUT2D eigenvalue weighted by atomic mass is 9.96. The Kier molecular flexibility index (Phi) is 5.05. The lowest BCUT2D eigenvalue weighted by Gasteiger charge is -2.13. The molecule has 0 bridgehead atoms. The molecule has 2 atom stereocenters. The number of amides is 1. The predicted molar refractivity (Wildman–Crippen MR) is 106 cm³/mol. The fourth-order valence-electron chi connectivity index (χ4n) is 3.64. The number of para-hydroxylation sites is 1. The maximum Gasteiger partial charge on any atom is 0.238 e. The van der Waals surface area contributed by atoms with E-state index in [1.165, 1.54) is 16.3 Å². The van der Waals surface area contributed by atoms with Crippen LogP contribution in [0.1, 0.15) is 23.6 Å². The molecule has 1 aliphatic rings. The molecule has 3 aromatic carbocycles. The van der Waals surface area contributed by atoms with Crippen molar-refractivity contribution >= 4 is 16.7 Å². The van der Waals surface area contributed by atoms with Crippen LogP contribution in [-0.4, -0.2) is 19.1 Å². The average Bonchev–Trinajstić information content (AvgIpc) is 3.22. The van der Waals surface area contributed by atoms with Gasteiger partial charge in [-0.1, -0.05) is 60.7 Å². The Morgan fingerprint density at radius 1 is 1.04 bits per heavy atom. The van der Waals surface area contributed by atoms with Crippen LogP contribution in [0.5, 0.6) is 5.75 Å². The summed E-state index contributed by atoms with van der Waals surface area (Å²) in [6, 6.07) is 22.2. The second kappa shape index (κ2) is 7.78. The first-order chi connectivity index (χ1) is 13.3. The molecule has 2 unspecified atom stereocenters. The summed E-state index contributed by atoms with van der Waals surface area (Å²) in [6.45, 7) is 0.444. The molecule has 0 spiro atoms. The van der Waals surface area contributed by atoms with Crippen molar-refractivity contribution in [2.75, 3.05) is 7.11 Å². The fraction of sp³-hybridized carbons (Fsp3) is 0.227. The van der Waals surface area contributed by atoms with E-state index in [0.29, 0.717) is 13.0 Å². The molecular formula is C22H23N3O2. The maximum atomic E-state index is 12.6. The Hall–Kier alpha value is -2.89. The quantitative estimate of drug-likeness (QED) is 0.654. The van der Waals surface area contributed by atoms with Crippen LogP contribution >= 0.6 is 0 Å². The van der Waals surface area contributed by atoms with Gasteiger partial charge in [-0.25, -0.2) is 10.9 Å². The molecule has 0 aliphatic carbocycles. The first-order valence-corrected chi connectivity index (χ1v) is 9.14. The molecule has 1 saturated heterocycles. The van der Waals surface area contributed by atoms with Gasteiger partial charge in [-0.15, -0.1) is 0 Å².